The van der Waals surface area contributed by atoms with Crippen LogP contribution in [0.25, 0.3) is 0 Å². The Morgan fingerprint density at radius 1 is 1.13 bits per heavy atom. The van der Waals surface area contributed by atoms with E-state index in [0.717, 1.165) is 36.1 Å². The summed E-state index contributed by atoms with van der Waals surface area (Å²) < 4.78 is 0. The first kappa shape index (κ1) is 21.8. The summed E-state index contributed by atoms with van der Waals surface area (Å²) in [4.78, 5) is 39.8. The van der Waals surface area contributed by atoms with Crippen molar-refractivity contribution in [2.24, 2.45) is 17.3 Å². The van der Waals surface area contributed by atoms with Crippen LogP contribution in [-0.4, -0.2) is 34.8 Å². The van der Waals surface area contributed by atoms with Gasteiger partial charge in [-0.1, -0.05) is 50.6 Å². The molecule has 2 N–H and O–H groups in total. The Balaban J connectivity index is 1.40. The molecule has 168 valence electrons. The van der Waals surface area contributed by atoms with Gasteiger partial charge in [-0.2, -0.15) is 0 Å². The average molecular weight is 426 g/mol. The zero-order valence-corrected chi connectivity index (χ0v) is 19.2. The molecule has 1 spiro atoms. The van der Waals surface area contributed by atoms with Gasteiger partial charge in [-0.15, -0.1) is 0 Å². The Bertz CT molecular complexity index is 859. The van der Waals surface area contributed by atoms with Crippen molar-refractivity contribution in [1.29, 1.82) is 0 Å². The van der Waals surface area contributed by atoms with Crippen LogP contribution in [0.3, 0.4) is 0 Å². The summed E-state index contributed by atoms with van der Waals surface area (Å²) in [5.41, 5.74) is 1.62. The highest BCUT2D eigenvalue weighted by Gasteiger charge is 2.53. The summed E-state index contributed by atoms with van der Waals surface area (Å²) in [6.07, 6.45) is 5.27. The van der Waals surface area contributed by atoms with E-state index in [2.05, 4.69) is 43.5 Å². The van der Waals surface area contributed by atoms with E-state index < -0.39 is 11.6 Å². The fourth-order valence-electron chi connectivity index (χ4n) is 5.17. The molecule has 3 fully saturated rings. The lowest BCUT2D eigenvalue weighted by atomic mass is 9.67. The Morgan fingerprint density at radius 2 is 1.74 bits per heavy atom. The SMILES string of the molecule is Cc1ccc(C(NC(=O)CN2C(=O)NC3(CCC(C(C)(C)C)CC3)C2=O)C2CC2)cc1. The number of benzene rings is 1. The lowest BCUT2D eigenvalue weighted by Gasteiger charge is -2.40. The molecular weight excluding hydrogens is 390 g/mol. The van der Waals surface area contributed by atoms with Crippen molar-refractivity contribution in [1.82, 2.24) is 15.5 Å². The fourth-order valence-corrected chi connectivity index (χ4v) is 5.17. The molecule has 1 aliphatic heterocycles. The summed E-state index contributed by atoms with van der Waals surface area (Å²) in [6, 6.07) is 7.69. The van der Waals surface area contributed by atoms with Crippen molar-refractivity contribution in [2.45, 2.75) is 77.8 Å². The molecule has 1 atom stereocenters. The van der Waals surface area contributed by atoms with Crippen molar-refractivity contribution >= 4 is 17.8 Å². The van der Waals surface area contributed by atoms with Gasteiger partial charge in [0.25, 0.3) is 5.91 Å². The van der Waals surface area contributed by atoms with Crippen molar-refractivity contribution in [3.8, 4) is 0 Å². The lowest BCUT2D eigenvalue weighted by Crippen LogP contribution is -2.51. The standard InChI is InChI=1S/C25H35N3O3/c1-16-5-7-17(8-6-16)21(18-9-10-18)26-20(29)15-28-22(30)25(27-23(28)31)13-11-19(12-14-25)24(2,3)4/h5-8,18-19,21H,9-15H2,1-4H3,(H,26,29)(H,27,31). The largest absolute Gasteiger partial charge is 0.347 e. The molecule has 1 heterocycles. The van der Waals surface area contributed by atoms with Gasteiger partial charge in [-0.3, -0.25) is 14.5 Å². The third-order valence-corrected chi connectivity index (χ3v) is 7.46. The van der Waals surface area contributed by atoms with Crippen molar-refractivity contribution < 1.29 is 14.4 Å². The number of carbonyl (C=O) groups is 3. The second-order valence-corrected chi connectivity index (χ2v) is 10.8. The normalized spacial score (nSPS) is 27.4. The highest BCUT2D eigenvalue weighted by atomic mass is 16.2. The Labute approximate surface area is 185 Å². The van der Waals surface area contributed by atoms with Crippen LogP contribution in [0.15, 0.2) is 24.3 Å². The zero-order chi connectivity index (χ0) is 22.4. The van der Waals surface area contributed by atoms with E-state index in [1.807, 2.05) is 19.1 Å². The van der Waals surface area contributed by atoms with Gasteiger partial charge in [0.15, 0.2) is 0 Å². The first-order valence-corrected chi connectivity index (χ1v) is 11.6. The van der Waals surface area contributed by atoms with Crippen LogP contribution in [0.2, 0.25) is 0 Å². The Hall–Kier alpha value is -2.37. The number of nitrogens with zero attached hydrogens (tertiary/aromatic N) is 1. The molecule has 0 bridgehead atoms. The third kappa shape index (κ3) is 4.48. The minimum absolute atomic E-state index is 0.0648. The van der Waals surface area contributed by atoms with Crippen LogP contribution in [-0.2, 0) is 9.59 Å². The molecule has 6 heteroatoms. The molecule has 31 heavy (non-hydrogen) atoms. The second kappa shape index (κ2) is 7.95. The Kier molecular flexibility index (Phi) is 5.61. The first-order chi connectivity index (χ1) is 14.6. The minimum Gasteiger partial charge on any atom is -0.347 e. The highest BCUT2D eigenvalue weighted by molar-refractivity contribution is 6.09. The number of rotatable bonds is 5. The van der Waals surface area contributed by atoms with E-state index in [1.54, 1.807) is 0 Å². The van der Waals surface area contributed by atoms with Gasteiger partial charge < -0.3 is 10.6 Å². The monoisotopic (exact) mass is 425 g/mol. The van der Waals surface area contributed by atoms with E-state index in [0.29, 0.717) is 24.7 Å². The topological polar surface area (TPSA) is 78.5 Å². The van der Waals surface area contributed by atoms with Crippen molar-refractivity contribution in [3.63, 3.8) is 0 Å². The number of nitrogens with one attached hydrogen (secondary N) is 2. The predicted octanol–water partition coefficient (Wildman–Crippen LogP) is 4.09. The number of urea groups is 1. The van der Waals surface area contributed by atoms with Crippen molar-refractivity contribution in [2.75, 3.05) is 6.54 Å². The van der Waals surface area contributed by atoms with Gasteiger partial charge in [-0.25, -0.2) is 4.79 Å². The highest BCUT2D eigenvalue weighted by Crippen LogP contribution is 2.44. The number of amides is 4. The number of imide groups is 1. The summed E-state index contributed by atoms with van der Waals surface area (Å²) >= 11 is 0. The van der Waals surface area contributed by atoms with E-state index in [9.17, 15) is 14.4 Å². The molecule has 1 aromatic carbocycles. The van der Waals surface area contributed by atoms with E-state index in [-0.39, 0.29) is 29.8 Å². The van der Waals surface area contributed by atoms with Gasteiger partial charge in [0.1, 0.15) is 12.1 Å². The molecule has 0 radical (unpaired) electrons. The van der Waals surface area contributed by atoms with Crippen molar-refractivity contribution in [3.05, 3.63) is 35.4 Å². The number of carbonyl (C=O) groups excluding carboxylic acids is 3. The van der Waals surface area contributed by atoms with Crippen LogP contribution >= 0.6 is 0 Å². The van der Waals surface area contributed by atoms with Gasteiger partial charge in [0, 0.05) is 0 Å². The van der Waals surface area contributed by atoms with Crippen LogP contribution in [0.1, 0.15) is 76.5 Å². The first-order valence-electron chi connectivity index (χ1n) is 11.6. The van der Waals surface area contributed by atoms with E-state index in [4.69, 9.17) is 0 Å². The molecule has 4 rings (SSSR count). The summed E-state index contributed by atoms with van der Waals surface area (Å²) in [5.74, 6) is 0.447. The molecule has 3 aliphatic rings. The third-order valence-electron chi connectivity index (χ3n) is 7.46. The number of aryl methyl sites for hydroxylation is 1. The average Bonchev–Trinajstić information content (AvgIpc) is 3.52. The number of hydrogen-bond acceptors (Lipinski definition) is 3. The number of hydrogen-bond donors (Lipinski definition) is 2. The van der Waals surface area contributed by atoms with Gasteiger partial charge in [0.2, 0.25) is 5.91 Å². The minimum atomic E-state index is -0.827. The molecule has 2 saturated carbocycles. The molecule has 4 amide bonds. The quantitative estimate of drug-likeness (QED) is 0.698. The second-order valence-electron chi connectivity index (χ2n) is 10.8. The molecule has 6 nitrogen and oxygen atoms in total. The van der Waals surface area contributed by atoms with Gasteiger partial charge in [0.05, 0.1) is 6.04 Å². The van der Waals surface area contributed by atoms with Crippen LogP contribution in [0.5, 0.6) is 0 Å². The maximum atomic E-state index is 13.2. The summed E-state index contributed by atoms with van der Waals surface area (Å²) in [7, 11) is 0. The summed E-state index contributed by atoms with van der Waals surface area (Å²) in [6.45, 7) is 8.50. The van der Waals surface area contributed by atoms with Crippen LogP contribution in [0.4, 0.5) is 4.79 Å². The Morgan fingerprint density at radius 3 is 2.29 bits per heavy atom. The van der Waals surface area contributed by atoms with E-state index in [1.165, 1.54) is 5.56 Å². The fraction of sp³-hybridized carbons (Fsp3) is 0.640. The smallest absolute Gasteiger partial charge is 0.325 e. The van der Waals surface area contributed by atoms with Crippen LogP contribution in [0, 0.1) is 24.2 Å². The van der Waals surface area contributed by atoms with Gasteiger partial charge in [-0.05, 0) is 68.3 Å². The maximum absolute atomic E-state index is 13.2. The van der Waals surface area contributed by atoms with E-state index >= 15 is 0 Å². The molecule has 0 aromatic heterocycles. The molecule has 1 saturated heterocycles. The molecule has 2 aliphatic carbocycles. The molecule has 1 unspecified atom stereocenters. The molecular formula is C25H35N3O3. The maximum Gasteiger partial charge on any atom is 0.325 e. The van der Waals surface area contributed by atoms with Gasteiger partial charge >= 0.3 is 6.03 Å². The summed E-state index contributed by atoms with van der Waals surface area (Å²) in [5, 5.41) is 6.02. The lowest BCUT2D eigenvalue weighted by molar-refractivity contribution is -0.136. The molecule has 1 aromatic rings. The predicted molar refractivity (Wildman–Crippen MR) is 119 cm³/mol. The van der Waals surface area contributed by atoms with Crippen LogP contribution < -0.4 is 10.6 Å². The zero-order valence-electron chi connectivity index (χ0n) is 19.2.